The Bertz CT molecular complexity index is 471. The summed E-state index contributed by atoms with van der Waals surface area (Å²) in [6.07, 6.45) is 17.5. The van der Waals surface area contributed by atoms with Crippen molar-refractivity contribution in [2.75, 3.05) is 6.54 Å². The highest BCUT2D eigenvalue weighted by Gasteiger charge is 2.28. The molecule has 5 heteroatoms. The molecule has 0 saturated carbocycles. The fraction of sp³-hybridized carbons (Fsp3) is 0.773. The maximum absolute atomic E-state index is 11.5. The molecule has 1 fully saturated rings. The minimum absolute atomic E-state index is 0.0972. The first-order chi connectivity index (χ1) is 13.1. The van der Waals surface area contributed by atoms with Gasteiger partial charge in [-0.3, -0.25) is 19.3 Å². The van der Waals surface area contributed by atoms with Crippen molar-refractivity contribution in [3.05, 3.63) is 12.2 Å². The number of hydrogen-bond acceptors (Lipinski definition) is 3. The molecule has 5 nitrogen and oxygen atoms in total. The Morgan fingerprint density at radius 2 is 1.56 bits per heavy atom. The summed E-state index contributed by atoms with van der Waals surface area (Å²) in [4.78, 5) is 35.8. The molecule has 1 atom stereocenters. The molecule has 1 aliphatic heterocycles. The van der Waals surface area contributed by atoms with Gasteiger partial charge in [0, 0.05) is 19.4 Å². The van der Waals surface area contributed by atoms with E-state index in [0.29, 0.717) is 38.6 Å². The lowest BCUT2D eigenvalue weighted by Crippen LogP contribution is -2.30. The molecule has 1 heterocycles. The third-order valence-corrected chi connectivity index (χ3v) is 5.21. The molecule has 0 aromatic rings. The minimum Gasteiger partial charge on any atom is -0.481 e. The van der Waals surface area contributed by atoms with Crippen LogP contribution in [0.2, 0.25) is 0 Å². The molecule has 0 spiro atoms. The number of aliphatic carboxylic acids is 1. The third kappa shape index (κ3) is 10.3. The number of nitrogens with zero attached hydrogens (tertiary/aromatic N) is 1. The van der Waals surface area contributed by atoms with Crippen LogP contribution in [0, 0.1) is 5.92 Å². The first-order valence-electron chi connectivity index (χ1n) is 10.8. The number of imide groups is 1. The Kier molecular flexibility index (Phi) is 12.5. The van der Waals surface area contributed by atoms with Crippen LogP contribution in [0.4, 0.5) is 0 Å². The summed E-state index contributed by atoms with van der Waals surface area (Å²) in [6.45, 7) is 2.65. The van der Waals surface area contributed by atoms with Crippen molar-refractivity contribution in [1.29, 1.82) is 0 Å². The summed E-state index contributed by atoms with van der Waals surface area (Å²) in [7, 11) is 0. The highest BCUT2D eigenvalue weighted by molar-refractivity contribution is 6.01. The Hall–Kier alpha value is -1.65. The van der Waals surface area contributed by atoms with Crippen LogP contribution in [-0.4, -0.2) is 34.3 Å². The molecule has 0 aliphatic carbocycles. The van der Waals surface area contributed by atoms with Gasteiger partial charge in [-0.1, -0.05) is 70.4 Å². The summed E-state index contributed by atoms with van der Waals surface area (Å²) >= 11 is 0. The zero-order valence-corrected chi connectivity index (χ0v) is 17.0. The SMILES string of the molecule is CCCCCCCCCCC=CC(CCCCN1C(=O)CCC1=O)C(=O)O. The third-order valence-electron chi connectivity index (χ3n) is 5.21. The van der Waals surface area contributed by atoms with Gasteiger partial charge >= 0.3 is 5.97 Å². The van der Waals surface area contributed by atoms with Crippen molar-refractivity contribution in [3.63, 3.8) is 0 Å². The van der Waals surface area contributed by atoms with Crippen LogP contribution in [0.15, 0.2) is 12.2 Å². The molecular formula is C22H37NO4. The predicted octanol–water partition coefficient (Wildman–Crippen LogP) is 5.09. The number of allylic oxidation sites excluding steroid dienone is 1. The summed E-state index contributed by atoms with van der Waals surface area (Å²) in [5, 5.41) is 9.34. The van der Waals surface area contributed by atoms with Crippen LogP contribution in [-0.2, 0) is 14.4 Å². The van der Waals surface area contributed by atoms with Gasteiger partial charge in [-0.15, -0.1) is 0 Å². The maximum atomic E-state index is 11.5. The number of likely N-dealkylation sites (tertiary alicyclic amines) is 1. The van der Waals surface area contributed by atoms with E-state index in [0.717, 1.165) is 12.8 Å². The normalized spacial score (nSPS) is 15.8. The van der Waals surface area contributed by atoms with Crippen molar-refractivity contribution >= 4 is 17.8 Å². The minimum atomic E-state index is -0.796. The number of amides is 2. The smallest absolute Gasteiger partial charge is 0.310 e. The number of rotatable bonds is 16. The van der Waals surface area contributed by atoms with Gasteiger partial charge in [0.15, 0.2) is 0 Å². The second-order valence-electron chi connectivity index (χ2n) is 7.57. The zero-order valence-electron chi connectivity index (χ0n) is 17.0. The van der Waals surface area contributed by atoms with Gasteiger partial charge in [0.1, 0.15) is 0 Å². The molecule has 1 N–H and O–H groups in total. The van der Waals surface area contributed by atoms with Crippen LogP contribution in [0.3, 0.4) is 0 Å². The number of carboxylic acid groups (broad SMARTS) is 1. The van der Waals surface area contributed by atoms with Crippen molar-refractivity contribution in [3.8, 4) is 0 Å². The Labute approximate surface area is 164 Å². The van der Waals surface area contributed by atoms with E-state index < -0.39 is 11.9 Å². The zero-order chi connectivity index (χ0) is 19.9. The molecular weight excluding hydrogens is 342 g/mol. The van der Waals surface area contributed by atoms with E-state index in [2.05, 4.69) is 6.92 Å². The average Bonchev–Trinajstić information content (AvgIpc) is 2.96. The van der Waals surface area contributed by atoms with Gasteiger partial charge in [-0.2, -0.15) is 0 Å². The lowest BCUT2D eigenvalue weighted by Gasteiger charge is -2.14. The Morgan fingerprint density at radius 1 is 0.963 bits per heavy atom. The van der Waals surface area contributed by atoms with Crippen LogP contribution >= 0.6 is 0 Å². The average molecular weight is 380 g/mol. The molecule has 154 valence electrons. The van der Waals surface area contributed by atoms with Crippen molar-refractivity contribution < 1.29 is 19.5 Å². The van der Waals surface area contributed by atoms with E-state index in [-0.39, 0.29) is 11.8 Å². The number of carbonyl (C=O) groups excluding carboxylic acids is 2. The molecule has 1 rings (SSSR count). The second kappa shape index (κ2) is 14.4. The quantitative estimate of drug-likeness (QED) is 0.230. The summed E-state index contributed by atoms with van der Waals surface area (Å²) < 4.78 is 0. The number of unbranched alkanes of at least 4 members (excludes halogenated alkanes) is 9. The Morgan fingerprint density at radius 3 is 2.15 bits per heavy atom. The van der Waals surface area contributed by atoms with Crippen molar-refractivity contribution in [2.24, 2.45) is 5.92 Å². The molecule has 1 aliphatic rings. The lowest BCUT2D eigenvalue weighted by molar-refractivity contribution is -0.141. The highest BCUT2D eigenvalue weighted by atomic mass is 16.4. The number of hydrogen-bond donors (Lipinski definition) is 1. The summed E-state index contributed by atoms with van der Waals surface area (Å²) in [6, 6.07) is 0. The van der Waals surface area contributed by atoms with Crippen molar-refractivity contribution in [2.45, 2.75) is 96.8 Å². The van der Waals surface area contributed by atoms with Gasteiger partial charge in [0.2, 0.25) is 11.8 Å². The predicted molar refractivity (Wildman–Crippen MR) is 107 cm³/mol. The molecule has 1 unspecified atom stereocenters. The van der Waals surface area contributed by atoms with E-state index >= 15 is 0 Å². The van der Waals surface area contributed by atoms with E-state index in [4.69, 9.17) is 0 Å². The highest BCUT2D eigenvalue weighted by Crippen LogP contribution is 2.16. The van der Waals surface area contributed by atoms with Gasteiger partial charge in [0.25, 0.3) is 0 Å². The van der Waals surface area contributed by atoms with Gasteiger partial charge in [0.05, 0.1) is 5.92 Å². The van der Waals surface area contributed by atoms with Crippen LogP contribution in [0.5, 0.6) is 0 Å². The first-order valence-corrected chi connectivity index (χ1v) is 10.8. The van der Waals surface area contributed by atoms with Crippen LogP contribution in [0.1, 0.15) is 96.8 Å². The summed E-state index contributed by atoms with van der Waals surface area (Å²) in [5.41, 5.74) is 0. The summed E-state index contributed by atoms with van der Waals surface area (Å²) in [5.74, 6) is -1.46. The molecule has 0 bridgehead atoms. The largest absolute Gasteiger partial charge is 0.481 e. The standard InChI is InChI=1S/C22H37NO4/c1-2-3-4-5-6-7-8-9-10-11-14-19(22(26)27)15-12-13-18-23-20(24)16-17-21(23)25/h11,14,19H,2-10,12-13,15-18H2,1H3,(H,26,27). The molecule has 0 radical (unpaired) electrons. The van der Waals surface area contributed by atoms with E-state index in [9.17, 15) is 19.5 Å². The van der Waals surface area contributed by atoms with Gasteiger partial charge in [-0.05, 0) is 25.7 Å². The van der Waals surface area contributed by atoms with E-state index in [1.165, 1.54) is 49.8 Å². The van der Waals surface area contributed by atoms with Crippen molar-refractivity contribution in [1.82, 2.24) is 4.90 Å². The Balaban J connectivity index is 2.10. The first kappa shape index (κ1) is 23.4. The number of carboxylic acids is 1. The fourth-order valence-electron chi connectivity index (χ4n) is 3.47. The molecule has 27 heavy (non-hydrogen) atoms. The maximum Gasteiger partial charge on any atom is 0.310 e. The molecule has 2 amide bonds. The second-order valence-corrected chi connectivity index (χ2v) is 7.57. The molecule has 0 aromatic carbocycles. The van der Waals surface area contributed by atoms with Gasteiger partial charge < -0.3 is 5.11 Å². The lowest BCUT2D eigenvalue weighted by atomic mass is 10.0. The van der Waals surface area contributed by atoms with Crippen LogP contribution < -0.4 is 0 Å². The van der Waals surface area contributed by atoms with E-state index in [1.807, 2.05) is 12.2 Å². The molecule has 0 aromatic heterocycles. The van der Waals surface area contributed by atoms with Gasteiger partial charge in [-0.25, -0.2) is 0 Å². The van der Waals surface area contributed by atoms with E-state index in [1.54, 1.807) is 0 Å². The topological polar surface area (TPSA) is 74.7 Å². The number of carbonyl (C=O) groups is 3. The van der Waals surface area contributed by atoms with Crippen LogP contribution in [0.25, 0.3) is 0 Å². The fourth-order valence-corrected chi connectivity index (χ4v) is 3.47. The monoisotopic (exact) mass is 379 g/mol. The molecule has 1 saturated heterocycles.